The van der Waals surface area contributed by atoms with Gasteiger partial charge in [-0.05, 0) is 73.4 Å². The lowest BCUT2D eigenvalue weighted by Gasteiger charge is -2.56. The van der Waals surface area contributed by atoms with Gasteiger partial charge in [0.2, 0.25) is 0 Å². The highest BCUT2D eigenvalue weighted by atomic mass is 32.2. The fourth-order valence-corrected chi connectivity index (χ4v) is 6.39. The molecule has 1 aliphatic heterocycles. The molecule has 0 spiro atoms. The van der Waals surface area contributed by atoms with Gasteiger partial charge in [0, 0.05) is 18.6 Å². The number of hydrogen-bond acceptors (Lipinski definition) is 6. The van der Waals surface area contributed by atoms with E-state index in [4.69, 9.17) is 9.47 Å². The van der Waals surface area contributed by atoms with Crippen molar-refractivity contribution in [3.05, 3.63) is 28.8 Å². The van der Waals surface area contributed by atoms with Crippen molar-refractivity contribution >= 4 is 10.1 Å². The summed E-state index contributed by atoms with van der Waals surface area (Å²) in [6.45, 7) is 2.07. The Hall–Kier alpha value is -1.36. The standard InChI is InChI=1S/C22H30F3NO5S/c1-29-10-11-30-9-5-15-12-16(31-32(27,28)22(23,24)25)13-19-17(15)14-20-18-4-2-3-6-21(18,19)7-8-26-20/h12-13,18,20,26H,2-11,14H2,1H3. The van der Waals surface area contributed by atoms with Crippen LogP contribution in [0.3, 0.4) is 0 Å². The molecule has 1 saturated heterocycles. The monoisotopic (exact) mass is 477 g/mol. The van der Waals surface area contributed by atoms with Gasteiger partial charge in [0.05, 0.1) is 19.8 Å². The summed E-state index contributed by atoms with van der Waals surface area (Å²) in [5.74, 6) is 0.140. The Morgan fingerprint density at radius 3 is 2.72 bits per heavy atom. The Morgan fingerprint density at radius 2 is 1.97 bits per heavy atom. The van der Waals surface area contributed by atoms with Crippen LogP contribution in [0.25, 0.3) is 0 Å². The van der Waals surface area contributed by atoms with E-state index in [-0.39, 0.29) is 11.2 Å². The lowest BCUT2D eigenvalue weighted by Crippen LogP contribution is -2.59. The lowest BCUT2D eigenvalue weighted by atomic mass is 9.52. The van der Waals surface area contributed by atoms with Gasteiger partial charge in [-0.15, -0.1) is 0 Å². The molecular weight excluding hydrogens is 447 g/mol. The average Bonchev–Trinajstić information content (AvgIpc) is 2.73. The third-order valence-corrected chi connectivity index (χ3v) is 8.25. The van der Waals surface area contributed by atoms with Gasteiger partial charge in [-0.2, -0.15) is 21.6 Å². The van der Waals surface area contributed by atoms with Crippen molar-refractivity contribution in [3.63, 3.8) is 0 Å². The maximum atomic E-state index is 13.0. The second kappa shape index (κ2) is 9.12. The fraction of sp³-hybridized carbons (Fsp3) is 0.727. The predicted octanol–water partition coefficient (Wildman–Crippen LogP) is 3.47. The van der Waals surface area contributed by atoms with Crippen LogP contribution in [0, 0.1) is 5.92 Å². The maximum Gasteiger partial charge on any atom is 0.534 e. The van der Waals surface area contributed by atoms with Gasteiger partial charge in [0.15, 0.2) is 0 Å². The number of halogens is 3. The molecule has 180 valence electrons. The molecule has 0 aromatic heterocycles. The largest absolute Gasteiger partial charge is 0.534 e. The molecule has 32 heavy (non-hydrogen) atoms. The number of ether oxygens (including phenoxy) is 2. The highest BCUT2D eigenvalue weighted by molar-refractivity contribution is 7.88. The van der Waals surface area contributed by atoms with E-state index in [0.717, 1.165) is 61.8 Å². The van der Waals surface area contributed by atoms with Gasteiger partial charge in [-0.3, -0.25) is 0 Å². The fourth-order valence-electron chi connectivity index (χ4n) is 5.95. The second-order valence-corrected chi connectivity index (χ2v) is 10.5. The molecule has 2 bridgehead atoms. The molecule has 3 aliphatic rings. The van der Waals surface area contributed by atoms with E-state index in [2.05, 4.69) is 9.50 Å². The van der Waals surface area contributed by atoms with E-state index in [1.54, 1.807) is 13.2 Å². The summed E-state index contributed by atoms with van der Waals surface area (Å²) >= 11 is 0. The summed E-state index contributed by atoms with van der Waals surface area (Å²) in [4.78, 5) is 0. The Morgan fingerprint density at radius 1 is 1.16 bits per heavy atom. The molecule has 1 aromatic carbocycles. The minimum absolute atomic E-state index is 0.144. The molecule has 0 amide bonds. The van der Waals surface area contributed by atoms with Crippen LogP contribution in [-0.2, 0) is 37.8 Å². The van der Waals surface area contributed by atoms with Crippen molar-refractivity contribution in [2.24, 2.45) is 5.92 Å². The van der Waals surface area contributed by atoms with E-state index < -0.39 is 15.6 Å². The summed E-state index contributed by atoms with van der Waals surface area (Å²) in [5, 5.41) is 3.65. The van der Waals surface area contributed by atoms with Gasteiger partial charge in [-0.25, -0.2) is 0 Å². The zero-order chi connectivity index (χ0) is 23.0. The second-order valence-electron chi connectivity index (χ2n) is 8.97. The Bertz CT molecular complexity index is 932. The third kappa shape index (κ3) is 4.38. The zero-order valence-corrected chi connectivity index (χ0v) is 19.0. The molecule has 1 N–H and O–H groups in total. The number of alkyl halides is 3. The SMILES string of the molecule is COCCOCCc1cc(OS(=O)(=O)C(F)(F)F)cc2c1CC1NCCC23CCCCC13. The first kappa shape index (κ1) is 23.8. The predicted molar refractivity (Wildman–Crippen MR) is 112 cm³/mol. The van der Waals surface area contributed by atoms with Crippen molar-refractivity contribution < 1.29 is 35.2 Å². The number of fused-ring (bicyclic) bond motifs is 1. The molecule has 1 aromatic rings. The average molecular weight is 478 g/mol. The van der Waals surface area contributed by atoms with Crippen molar-refractivity contribution in [1.29, 1.82) is 0 Å². The van der Waals surface area contributed by atoms with E-state index >= 15 is 0 Å². The molecule has 2 fully saturated rings. The van der Waals surface area contributed by atoms with E-state index in [0.29, 0.717) is 38.2 Å². The highest BCUT2D eigenvalue weighted by Gasteiger charge is 2.53. The van der Waals surface area contributed by atoms with Crippen molar-refractivity contribution in [2.45, 2.75) is 61.9 Å². The molecule has 6 nitrogen and oxygen atoms in total. The third-order valence-electron chi connectivity index (χ3n) is 7.27. The lowest BCUT2D eigenvalue weighted by molar-refractivity contribution is -0.0500. The quantitative estimate of drug-likeness (QED) is 0.351. The molecule has 2 aliphatic carbocycles. The molecule has 1 heterocycles. The molecule has 3 atom stereocenters. The molecule has 1 saturated carbocycles. The summed E-state index contributed by atoms with van der Waals surface area (Å²) in [6, 6.07) is 3.33. The van der Waals surface area contributed by atoms with E-state index in [9.17, 15) is 21.6 Å². The first-order valence-electron chi connectivity index (χ1n) is 11.1. The van der Waals surface area contributed by atoms with Gasteiger partial charge in [0.25, 0.3) is 0 Å². The molecule has 0 radical (unpaired) electrons. The minimum atomic E-state index is -5.74. The van der Waals surface area contributed by atoms with Crippen LogP contribution < -0.4 is 9.50 Å². The summed E-state index contributed by atoms with van der Waals surface area (Å²) in [5.41, 5.74) is -2.74. The summed E-state index contributed by atoms with van der Waals surface area (Å²) in [6.07, 6.45) is 6.36. The summed E-state index contributed by atoms with van der Waals surface area (Å²) in [7, 11) is -4.16. The van der Waals surface area contributed by atoms with Gasteiger partial charge in [-0.1, -0.05) is 12.8 Å². The van der Waals surface area contributed by atoms with Crippen LogP contribution >= 0.6 is 0 Å². The molecule has 4 rings (SSSR count). The normalized spacial score (nSPS) is 27.5. The summed E-state index contributed by atoms with van der Waals surface area (Å²) < 4.78 is 77.6. The number of rotatable bonds is 8. The van der Waals surface area contributed by atoms with Crippen LogP contribution in [-0.4, -0.2) is 53.4 Å². The highest BCUT2D eigenvalue weighted by Crippen LogP contribution is 2.55. The molecule has 3 unspecified atom stereocenters. The van der Waals surface area contributed by atoms with Crippen molar-refractivity contribution in [1.82, 2.24) is 5.32 Å². The van der Waals surface area contributed by atoms with Crippen molar-refractivity contribution in [2.75, 3.05) is 33.5 Å². The zero-order valence-electron chi connectivity index (χ0n) is 18.2. The Balaban J connectivity index is 1.73. The van der Waals surface area contributed by atoms with Crippen LogP contribution in [0.15, 0.2) is 12.1 Å². The molecule has 10 heteroatoms. The van der Waals surface area contributed by atoms with Crippen LogP contribution in [0.1, 0.15) is 48.8 Å². The van der Waals surface area contributed by atoms with Gasteiger partial charge < -0.3 is 19.0 Å². The first-order chi connectivity index (χ1) is 15.2. The number of nitrogens with one attached hydrogen (secondary N) is 1. The van der Waals surface area contributed by atoms with E-state index in [1.165, 1.54) is 6.07 Å². The van der Waals surface area contributed by atoms with Crippen LogP contribution in [0.2, 0.25) is 0 Å². The number of methoxy groups -OCH3 is 1. The van der Waals surface area contributed by atoms with E-state index in [1.807, 2.05) is 0 Å². The van der Waals surface area contributed by atoms with Gasteiger partial charge >= 0.3 is 15.6 Å². The number of benzene rings is 1. The molecular formula is C22H30F3NO5S. The first-order valence-corrected chi connectivity index (χ1v) is 12.6. The Kier molecular flexibility index (Phi) is 6.78. The topological polar surface area (TPSA) is 73.9 Å². The maximum absolute atomic E-state index is 13.0. The minimum Gasteiger partial charge on any atom is -0.382 e. The number of hydrogen-bond donors (Lipinski definition) is 1. The van der Waals surface area contributed by atoms with Crippen LogP contribution in [0.5, 0.6) is 5.75 Å². The van der Waals surface area contributed by atoms with Crippen LogP contribution in [0.4, 0.5) is 13.2 Å². The smallest absolute Gasteiger partial charge is 0.382 e. The Labute approximate surface area is 186 Å². The number of piperidine rings is 1. The van der Waals surface area contributed by atoms with Gasteiger partial charge in [0.1, 0.15) is 5.75 Å². The van der Waals surface area contributed by atoms with Crippen molar-refractivity contribution in [3.8, 4) is 5.75 Å².